The first-order valence-electron chi connectivity index (χ1n) is 3.48. The zero-order chi connectivity index (χ0) is 7.78. The molecule has 2 nitrogen and oxygen atoms in total. The first kappa shape index (κ1) is 7.32. The summed E-state index contributed by atoms with van der Waals surface area (Å²) < 4.78 is 0. The second-order valence-electron chi connectivity index (χ2n) is 3.70. The molecule has 0 aromatic carbocycles. The third kappa shape index (κ3) is 1.59. The molecule has 2 N–H and O–H groups in total. The van der Waals surface area contributed by atoms with Gasteiger partial charge in [-0.15, -0.1) is 0 Å². The van der Waals surface area contributed by atoms with Crippen LogP contribution >= 0.6 is 0 Å². The smallest absolute Gasteiger partial charge is 0.157 e. The molecule has 2 heteroatoms. The van der Waals surface area contributed by atoms with Crippen molar-refractivity contribution in [1.29, 1.82) is 0 Å². The fourth-order valence-electron chi connectivity index (χ4n) is 1.40. The number of ketones is 1. The van der Waals surface area contributed by atoms with Gasteiger partial charge in [0.2, 0.25) is 0 Å². The van der Waals surface area contributed by atoms with Gasteiger partial charge in [0.25, 0.3) is 0 Å². The van der Waals surface area contributed by atoms with Crippen molar-refractivity contribution in [3.63, 3.8) is 0 Å². The van der Waals surface area contributed by atoms with Crippen LogP contribution in [-0.2, 0) is 4.79 Å². The van der Waals surface area contributed by atoms with E-state index in [1.165, 1.54) is 0 Å². The van der Waals surface area contributed by atoms with Gasteiger partial charge in [0.1, 0.15) is 0 Å². The Kier molecular flexibility index (Phi) is 1.55. The molecule has 0 aliphatic heterocycles. The summed E-state index contributed by atoms with van der Waals surface area (Å²) >= 11 is 0. The Hall–Kier alpha value is -0.790. The SMILES string of the molecule is CC1(C)CC(=O)C=C(N)C1. The molecule has 0 saturated heterocycles. The molecule has 0 aromatic heterocycles. The number of nitrogens with two attached hydrogens (primary N) is 1. The van der Waals surface area contributed by atoms with Crippen LogP contribution in [0, 0.1) is 5.41 Å². The van der Waals surface area contributed by atoms with Crippen LogP contribution in [0.1, 0.15) is 26.7 Å². The molecule has 56 valence electrons. The van der Waals surface area contributed by atoms with Crippen molar-refractivity contribution < 1.29 is 4.79 Å². The van der Waals surface area contributed by atoms with Crippen molar-refractivity contribution in [3.8, 4) is 0 Å². The molecule has 0 bridgehead atoms. The van der Waals surface area contributed by atoms with E-state index in [1.807, 2.05) is 0 Å². The molecule has 0 saturated carbocycles. The normalized spacial score (nSPS) is 24.2. The van der Waals surface area contributed by atoms with E-state index in [0.29, 0.717) is 6.42 Å². The average Bonchev–Trinajstić information content (AvgIpc) is 1.54. The van der Waals surface area contributed by atoms with Crippen LogP contribution < -0.4 is 5.73 Å². The Morgan fingerprint density at radius 3 is 2.50 bits per heavy atom. The maximum atomic E-state index is 10.9. The number of hydrogen-bond donors (Lipinski definition) is 1. The van der Waals surface area contributed by atoms with E-state index in [9.17, 15) is 4.79 Å². The monoisotopic (exact) mass is 139 g/mol. The molecule has 0 heterocycles. The van der Waals surface area contributed by atoms with Gasteiger partial charge in [-0.25, -0.2) is 0 Å². The molecular weight excluding hydrogens is 126 g/mol. The molecule has 0 unspecified atom stereocenters. The lowest BCUT2D eigenvalue weighted by Gasteiger charge is -2.26. The molecular formula is C8H13NO. The van der Waals surface area contributed by atoms with Crippen LogP contribution in [0.25, 0.3) is 0 Å². The highest BCUT2D eigenvalue weighted by Crippen LogP contribution is 2.31. The first-order valence-corrected chi connectivity index (χ1v) is 3.48. The van der Waals surface area contributed by atoms with Crippen molar-refractivity contribution >= 4 is 5.78 Å². The number of rotatable bonds is 0. The summed E-state index contributed by atoms with van der Waals surface area (Å²) in [7, 11) is 0. The van der Waals surface area contributed by atoms with Gasteiger partial charge in [-0.1, -0.05) is 13.8 Å². The summed E-state index contributed by atoms with van der Waals surface area (Å²) in [6.07, 6.45) is 3.03. The Bertz CT molecular complexity index is 191. The highest BCUT2D eigenvalue weighted by Gasteiger charge is 2.25. The van der Waals surface area contributed by atoms with Gasteiger partial charge in [-0.05, 0) is 17.9 Å². The van der Waals surface area contributed by atoms with E-state index in [2.05, 4.69) is 13.8 Å². The average molecular weight is 139 g/mol. The van der Waals surface area contributed by atoms with E-state index in [1.54, 1.807) is 6.08 Å². The number of allylic oxidation sites excluding steroid dienone is 2. The molecule has 1 aliphatic rings. The van der Waals surface area contributed by atoms with Crippen molar-refractivity contribution in [2.75, 3.05) is 0 Å². The van der Waals surface area contributed by atoms with Gasteiger partial charge in [0.05, 0.1) is 0 Å². The fourth-order valence-corrected chi connectivity index (χ4v) is 1.40. The molecule has 0 spiro atoms. The van der Waals surface area contributed by atoms with E-state index < -0.39 is 0 Å². The molecule has 1 rings (SSSR count). The van der Waals surface area contributed by atoms with E-state index in [4.69, 9.17) is 5.73 Å². The van der Waals surface area contributed by atoms with E-state index >= 15 is 0 Å². The summed E-state index contributed by atoms with van der Waals surface area (Å²) in [4.78, 5) is 10.9. The van der Waals surface area contributed by atoms with Crippen LogP contribution in [0.15, 0.2) is 11.8 Å². The minimum absolute atomic E-state index is 0.0793. The zero-order valence-corrected chi connectivity index (χ0v) is 6.48. The standard InChI is InChI=1S/C8H13NO/c1-8(2)4-6(9)3-7(10)5-8/h3H,4-5,9H2,1-2H3. The van der Waals surface area contributed by atoms with Crippen molar-refractivity contribution in [2.45, 2.75) is 26.7 Å². The van der Waals surface area contributed by atoms with Gasteiger partial charge >= 0.3 is 0 Å². The summed E-state index contributed by atoms with van der Waals surface area (Å²) in [5.41, 5.74) is 6.34. The molecule has 0 atom stereocenters. The summed E-state index contributed by atoms with van der Waals surface area (Å²) in [6, 6.07) is 0. The second kappa shape index (κ2) is 2.11. The predicted molar refractivity (Wildman–Crippen MR) is 40.3 cm³/mol. The zero-order valence-electron chi connectivity index (χ0n) is 6.48. The lowest BCUT2D eigenvalue weighted by atomic mass is 9.79. The van der Waals surface area contributed by atoms with Crippen LogP contribution in [-0.4, -0.2) is 5.78 Å². The number of hydrogen-bond acceptors (Lipinski definition) is 2. The topological polar surface area (TPSA) is 43.1 Å². The van der Waals surface area contributed by atoms with Crippen LogP contribution in [0.2, 0.25) is 0 Å². The molecule has 0 fully saturated rings. The first-order chi connectivity index (χ1) is 4.49. The Labute approximate surface area is 61.1 Å². The molecule has 0 amide bonds. The van der Waals surface area contributed by atoms with E-state index in [-0.39, 0.29) is 11.2 Å². The lowest BCUT2D eigenvalue weighted by Crippen LogP contribution is -2.24. The van der Waals surface area contributed by atoms with Crippen LogP contribution in [0.5, 0.6) is 0 Å². The Morgan fingerprint density at radius 2 is 2.10 bits per heavy atom. The quantitative estimate of drug-likeness (QED) is 0.548. The lowest BCUT2D eigenvalue weighted by molar-refractivity contribution is -0.117. The second-order valence-corrected chi connectivity index (χ2v) is 3.70. The molecule has 0 radical (unpaired) electrons. The number of carbonyl (C=O) groups is 1. The number of carbonyl (C=O) groups excluding carboxylic acids is 1. The van der Waals surface area contributed by atoms with Crippen LogP contribution in [0.4, 0.5) is 0 Å². The maximum Gasteiger partial charge on any atom is 0.157 e. The highest BCUT2D eigenvalue weighted by atomic mass is 16.1. The van der Waals surface area contributed by atoms with Gasteiger partial charge in [-0.2, -0.15) is 0 Å². The van der Waals surface area contributed by atoms with Gasteiger partial charge in [0.15, 0.2) is 5.78 Å². The fraction of sp³-hybridized carbons (Fsp3) is 0.625. The third-order valence-corrected chi connectivity index (χ3v) is 1.68. The Morgan fingerprint density at radius 1 is 1.50 bits per heavy atom. The minimum Gasteiger partial charge on any atom is -0.402 e. The third-order valence-electron chi connectivity index (χ3n) is 1.68. The highest BCUT2D eigenvalue weighted by molar-refractivity contribution is 5.91. The van der Waals surface area contributed by atoms with Crippen molar-refractivity contribution in [1.82, 2.24) is 0 Å². The molecule has 1 aliphatic carbocycles. The van der Waals surface area contributed by atoms with E-state index in [0.717, 1.165) is 12.1 Å². The van der Waals surface area contributed by atoms with Gasteiger partial charge in [0, 0.05) is 12.1 Å². The van der Waals surface area contributed by atoms with Crippen molar-refractivity contribution in [2.24, 2.45) is 11.1 Å². The Balaban J connectivity index is 2.80. The summed E-state index contributed by atoms with van der Waals surface area (Å²) in [5, 5.41) is 0. The minimum atomic E-state index is 0.0793. The summed E-state index contributed by atoms with van der Waals surface area (Å²) in [6.45, 7) is 4.12. The van der Waals surface area contributed by atoms with Gasteiger partial charge in [-0.3, -0.25) is 4.79 Å². The largest absolute Gasteiger partial charge is 0.402 e. The predicted octanol–water partition coefficient (Wildman–Crippen LogP) is 1.22. The van der Waals surface area contributed by atoms with Crippen LogP contribution in [0.3, 0.4) is 0 Å². The maximum absolute atomic E-state index is 10.9. The van der Waals surface area contributed by atoms with Crippen molar-refractivity contribution in [3.05, 3.63) is 11.8 Å². The van der Waals surface area contributed by atoms with Gasteiger partial charge < -0.3 is 5.73 Å². The molecule has 10 heavy (non-hydrogen) atoms. The molecule has 0 aromatic rings. The summed E-state index contributed by atoms with van der Waals surface area (Å²) in [5.74, 6) is 0.161.